The van der Waals surface area contributed by atoms with Crippen molar-refractivity contribution in [1.82, 2.24) is 10.5 Å². The van der Waals surface area contributed by atoms with Crippen LogP contribution in [0.1, 0.15) is 55.5 Å². The van der Waals surface area contributed by atoms with E-state index in [-0.39, 0.29) is 12.3 Å². The Morgan fingerprint density at radius 2 is 1.95 bits per heavy atom. The van der Waals surface area contributed by atoms with Gasteiger partial charge in [-0.3, -0.25) is 4.79 Å². The molecule has 0 saturated heterocycles. The van der Waals surface area contributed by atoms with Crippen LogP contribution in [-0.4, -0.2) is 27.7 Å². The second-order valence-corrected chi connectivity index (χ2v) is 5.80. The van der Waals surface area contributed by atoms with E-state index < -0.39 is 11.5 Å². The fraction of sp³-hybridized carbons (Fsp3) is 0.667. The van der Waals surface area contributed by atoms with E-state index in [1.165, 1.54) is 0 Å². The van der Waals surface area contributed by atoms with Crippen molar-refractivity contribution in [2.75, 3.05) is 0 Å². The van der Waals surface area contributed by atoms with E-state index in [1.54, 1.807) is 0 Å². The molecule has 1 aliphatic rings. The van der Waals surface area contributed by atoms with Gasteiger partial charge in [-0.15, -0.1) is 0 Å². The molecule has 0 unspecified atom stereocenters. The fourth-order valence-electron chi connectivity index (χ4n) is 2.97. The summed E-state index contributed by atoms with van der Waals surface area (Å²) in [4.78, 5) is 23.6. The SMILES string of the molecule is Cc1noc(C)c1CCC(=O)NC1(C(=O)O)CCCCC1. The molecule has 6 heteroatoms. The zero-order valence-corrected chi connectivity index (χ0v) is 12.6. The van der Waals surface area contributed by atoms with E-state index in [1.807, 2.05) is 13.8 Å². The molecule has 0 bridgehead atoms. The Kier molecular flexibility index (Phi) is 4.65. The lowest BCUT2D eigenvalue weighted by molar-refractivity contribution is -0.149. The van der Waals surface area contributed by atoms with Gasteiger partial charge in [-0.25, -0.2) is 4.79 Å². The standard InChI is InChI=1S/C15H22N2O4/c1-10-12(11(2)21-17-10)6-7-13(18)16-15(14(19)20)8-4-3-5-9-15/h3-9H2,1-2H3,(H,16,18)(H,19,20). The smallest absolute Gasteiger partial charge is 0.329 e. The predicted molar refractivity (Wildman–Crippen MR) is 75.9 cm³/mol. The summed E-state index contributed by atoms with van der Waals surface area (Å²) in [5.41, 5.74) is 0.637. The zero-order chi connectivity index (χ0) is 15.5. The van der Waals surface area contributed by atoms with Gasteiger partial charge in [0.25, 0.3) is 0 Å². The molecule has 2 rings (SSSR count). The van der Waals surface area contributed by atoms with Gasteiger partial charge >= 0.3 is 5.97 Å². The van der Waals surface area contributed by atoms with Gasteiger partial charge in [-0.05, 0) is 33.1 Å². The van der Waals surface area contributed by atoms with Crippen LogP contribution in [0.3, 0.4) is 0 Å². The van der Waals surface area contributed by atoms with Crippen molar-refractivity contribution >= 4 is 11.9 Å². The molecule has 1 aliphatic carbocycles. The molecule has 0 aliphatic heterocycles. The van der Waals surface area contributed by atoms with Gasteiger partial charge in [-0.2, -0.15) is 0 Å². The molecule has 1 aromatic rings. The summed E-state index contributed by atoms with van der Waals surface area (Å²) in [6.45, 7) is 3.65. The first-order chi connectivity index (χ1) is 9.94. The van der Waals surface area contributed by atoms with E-state index in [4.69, 9.17) is 4.52 Å². The first kappa shape index (κ1) is 15.5. The van der Waals surface area contributed by atoms with Crippen molar-refractivity contribution in [3.8, 4) is 0 Å². The highest BCUT2D eigenvalue weighted by molar-refractivity contribution is 5.87. The summed E-state index contributed by atoms with van der Waals surface area (Å²) < 4.78 is 5.06. The number of amides is 1. The first-order valence-electron chi connectivity index (χ1n) is 7.41. The lowest BCUT2D eigenvalue weighted by Gasteiger charge is -2.34. The number of carbonyl (C=O) groups excluding carboxylic acids is 1. The van der Waals surface area contributed by atoms with Crippen LogP contribution in [0.5, 0.6) is 0 Å². The summed E-state index contributed by atoms with van der Waals surface area (Å²) in [5, 5.41) is 16.0. The minimum atomic E-state index is -1.08. The van der Waals surface area contributed by atoms with Crippen molar-refractivity contribution in [3.63, 3.8) is 0 Å². The van der Waals surface area contributed by atoms with Crippen molar-refractivity contribution in [2.24, 2.45) is 0 Å². The highest BCUT2D eigenvalue weighted by Crippen LogP contribution is 2.28. The maximum atomic E-state index is 12.1. The molecule has 1 aromatic heterocycles. The molecular formula is C15H22N2O4. The second kappa shape index (κ2) is 6.28. The highest BCUT2D eigenvalue weighted by atomic mass is 16.5. The number of hydrogen-bond donors (Lipinski definition) is 2. The van der Waals surface area contributed by atoms with Crippen LogP contribution in [-0.2, 0) is 16.0 Å². The Bertz CT molecular complexity index is 510. The largest absolute Gasteiger partial charge is 0.480 e. The maximum absolute atomic E-state index is 12.1. The number of aromatic nitrogens is 1. The van der Waals surface area contributed by atoms with Crippen LogP contribution < -0.4 is 5.32 Å². The summed E-state index contributed by atoms with van der Waals surface area (Å²) in [5.74, 6) is -0.432. The third kappa shape index (κ3) is 3.43. The van der Waals surface area contributed by atoms with E-state index in [0.717, 1.165) is 30.5 Å². The molecule has 1 saturated carbocycles. The number of rotatable bonds is 5. The van der Waals surface area contributed by atoms with Crippen molar-refractivity contribution in [1.29, 1.82) is 0 Å². The molecule has 0 radical (unpaired) electrons. The molecule has 0 aromatic carbocycles. The average molecular weight is 294 g/mol. The van der Waals surface area contributed by atoms with Crippen LogP contribution >= 0.6 is 0 Å². The first-order valence-corrected chi connectivity index (χ1v) is 7.41. The number of aliphatic carboxylic acids is 1. The minimum Gasteiger partial charge on any atom is -0.480 e. The molecule has 0 spiro atoms. The highest BCUT2D eigenvalue weighted by Gasteiger charge is 2.40. The van der Waals surface area contributed by atoms with Crippen LogP contribution in [0.15, 0.2) is 4.52 Å². The average Bonchev–Trinajstić information content (AvgIpc) is 2.76. The third-order valence-electron chi connectivity index (χ3n) is 4.28. The third-order valence-corrected chi connectivity index (χ3v) is 4.28. The van der Waals surface area contributed by atoms with Crippen molar-refractivity contribution in [3.05, 3.63) is 17.0 Å². The molecular weight excluding hydrogens is 272 g/mol. The molecule has 2 N–H and O–H groups in total. The maximum Gasteiger partial charge on any atom is 0.329 e. The van der Waals surface area contributed by atoms with Gasteiger partial charge in [0, 0.05) is 12.0 Å². The zero-order valence-electron chi connectivity index (χ0n) is 12.6. The van der Waals surface area contributed by atoms with Gasteiger partial charge in [0.2, 0.25) is 5.91 Å². The minimum absolute atomic E-state index is 0.223. The van der Waals surface area contributed by atoms with E-state index in [0.29, 0.717) is 25.0 Å². The van der Waals surface area contributed by atoms with Gasteiger partial charge in [0.05, 0.1) is 5.69 Å². The molecule has 1 amide bonds. The van der Waals surface area contributed by atoms with Crippen LogP contribution in [0.2, 0.25) is 0 Å². The Balaban J connectivity index is 1.95. The van der Waals surface area contributed by atoms with E-state index >= 15 is 0 Å². The fourth-order valence-corrected chi connectivity index (χ4v) is 2.97. The Morgan fingerprint density at radius 1 is 1.29 bits per heavy atom. The molecule has 1 fully saturated rings. The molecule has 0 atom stereocenters. The number of carboxylic acids is 1. The van der Waals surface area contributed by atoms with Crippen LogP contribution in [0, 0.1) is 13.8 Å². The van der Waals surface area contributed by atoms with Gasteiger partial charge in [0.15, 0.2) is 0 Å². The van der Waals surface area contributed by atoms with Crippen molar-refractivity contribution < 1.29 is 19.2 Å². The molecule has 1 heterocycles. The quantitative estimate of drug-likeness (QED) is 0.867. The normalized spacial score (nSPS) is 17.4. The van der Waals surface area contributed by atoms with Gasteiger partial charge in [-0.1, -0.05) is 24.4 Å². The number of hydrogen-bond acceptors (Lipinski definition) is 4. The number of nitrogens with zero attached hydrogens (tertiary/aromatic N) is 1. The van der Waals surface area contributed by atoms with Crippen LogP contribution in [0.4, 0.5) is 0 Å². The van der Waals surface area contributed by atoms with Gasteiger partial charge in [0.1, 0.15) is 11.3 Å². The summed E-state index contributed by atoms with van der Waals surface area (Å²) in [7, 11) is 0. The Labute approximate surface area is 123 Å². The lowest BCUT2D eigenvalue weighted by atomic mass is 9.81. The Morgan fingerprint density at radius 3 is 2.48 bits per heavy atom. The van der Waals surface area contributed by atoms with Crippen LogP contribution in [0.25, 0.3) is 0 Å². The number of carbonyl (C=O) groups is 2. The Hall–Kier alpha value is -1.85. The molecule has 6 nitrogen and oxygen atoms in total. The summed E-state index contributed by atoms with van der Waals surface area (Å²) >= 11 is 0. The molecule has 116 valence electrons. The van der Waals surface area contributed by atoms with Crippen molar-refractivity contribution in [2.45, 2.75) is 64.3 Å². The van der Waals surface area contributed by atoms with Gasteiger partial charge < -0.3 is 14.9 Å². The summed E-state index contributed by atoms with van der Waals surface area (Å²) in [6, 6.07) is 0. The summed E-state index contributed by atoms with van der Waals surface area (Å²) in [6.07, 6.45) is 4.51. The number of nitrogens with one attached hydrogen (secondary N) is 1. The van der Waals surface area contributed by atoms with E-state index in [9.17, 15) is 14.7 Å². The number of aryl methyl sites for hydroxylation is 2. The molecule has 21 heavy (non-hydrogen) atoms. The predicted octanol–water partition coefficient (Wildman–Crippen LogP) is 2.13. The second-order valence-electron chi connectivity index (χ2n) is 5.80. The topological polar surface area (TPSA) is 92.4 Å². The van der Waals surface area contributed by atoms with E-state index in [2.05, 4.69) is 10.5 Å². The number of carboxylic acid groups (broad SMARTS) is 1. The monoisotopic (exact) mass is 294 g/mol. The lowest BCUT2D eigenvalue weighted by Crippen LogP contribution is -2.55.